The van der Waals surface area contributed by atoms with Crippen molar-refractivity contribution in [1.29, 1.82) is 0 Å². The molecule has 1 heterocycles. The lowest BCUT2D eigenvalue weighted by Gasteiger charge is -1.99. The Morgan fingerprint density at radius 3 is 2.80 bits per heavy atom. The highest BCUT2D eigenvalue weighted by Gasteiger charge is 2.02. The third kappa shape index (κ3) is 1.06. The molecule has 0 saturated heterocycles. The van der Waals surface area contributed by atoms with Gasteiger partial charge in [0.2, 0.25) is 0 Å². The Balaban J connectivity index is 3.14. The number of anilines is 1. The number of rotatable bonds is 1. The first kappa shape index (κ1) is 6.95. The molecule has 1 rings (SSSR count). The van der Waals surface area contributed by atoms with Crippen LogP contribution in [0.1, 0.15) is 5.56 Å². The van der Waals surface area contributed by atoms with Gasteiger partial charge in [0.05, 0.1) is 18.5 Å². The molecule has 0 saturated carbocycles. The van der Waals surface area contributed by atoms with E-state index in [1.165, 1.54) is 6.20 Å². The van der Waals surface area contributed by atoms with E-state index in [0.29, 0.717) is 5.56 Å². The van der Waals surface area contributed by atoms with Gasteiger partial charge in [0.25, 0.3) is 0 Å². The maximum atomic E-state index is 12.5. The van der Waals surface area contributed by atoms with Crippen LogP contribution in [-0.4, -0.2) is 10.1 Å². The normalized spacial score (nSPS) is 9.80. The van der Waals surface area contributed by atoms with Gasteiger partial charge < -0.3 is 10.8 Å². The highest BCUT2D eigenvalue weighted by molar-refractivity contribution is 5.45. The van der Waals surface area contributed by atoms with Crippen LogP contribution in [0.25, 0.3) is 0 Å². The number of hydrogen-bond acceptors (Lipinski definition) is 3. The molecule has 0 aromatic carbocycles. The Morgan fingerprint density at radius 1 is 1.60 bits per heavy atom. The molecule has 4 heteroatoms. The van der Waals surface area contributed by atoms with Crippen LogP contribution < -0.4 is 5.73 Å². The molecule has 0 amide bonds. The Kier molecular flexibility index (Phi) is 1.82. The van der Waals surface area contributed by atoms with Gasteiger partial charge in [0.1, 0.15) is 0 Å². The predicted molar refractivity (Wildman–Crippen MR) is 34.5 cm³/mol. The Morgan fingerprint density at radius 2 is 2.30 bits per heavy atom. The molecule has 1 aromatic rings. The maximum Gasteiger partial charge on any atom is 0.164 e. The lowest BCUT2D eigenvalue weighted by atomic mass is 10.2. The number of nitrogen functional groups attached to an aromatic ring is 1. The minimum atomic E-state index is -0.591. The molecular weight excluding hydrogens is 135 g/mol. The summed E-state index contributed by atoms with van der Waals surface area (Å²) in [5, 5.41) is 8.56. The summed E-state index contributed by atoms with van der Waals surface area (Å²) in [5.74, 6) is -0.591. The number of nitrogens with two attached hydrogens (primary N) is 1. The lowest BCUT2D eigenvalue weighted by molar-refractivity contribution is 0.281. The van der Waals surface area contributed by atoms with E-state index >= 15 is 0 Å². The fraction of sp³-hybridized carbons (Fsp3) is 0.167. The summed E-state index contributed by atoms with van der Waals surface area (Å²) in [4.78, 5) is 3.50. The molecule has 0 bridgehead atoms. The van der Waals surface area contributed by atoms with Gasteiger partial charge in [-0.05, 0) is 0 Å². The van der Waals surface area contributed by atoms with Crippen molar-refractivity contribution in [2.75, 3.05) is 5.73 Å². The summed E-state index contributed by atoms with van der Waals surface area (Å²) < 4.78 is 12.5. The maximum absolute atomic E-state index is 12.5. The molecule has 0 aliphatic carbocycles. The van der Waals surface area contributed by atoms with E-state index in [0.717, 1.165) is 6.20 Å². The number of pyridine rings is 1. The van der Waals surface area contributed by atoms with Crippen LogP contribution in [-0.2, 0) is 6.61 Å². The summed E-state index contributed by atoms with van der Waals surface area (Å²) in [6.45, 7) is -0.281. The predicted octanol–water partition coefficient (Wildman–Crippen LogP) is 0.295. The standard InChI is InChI=1S/C6H7FN2O/c7-5-2-9-1-4(3-10)6(5)8/h1-2,10H,3H2,(H2,8,9). The van der Waals surface area contributed by atoms with Gasteiger partial charge in [-0.2, -0.15) is 0 Å². The molecule has 54 valence electrons. The van der Waals surface area contributed by atoms with Crippen LogP contribution in [0.15, 0.2) is 12.4 Å². The van der Waals surface area contributed by atoms with Gasteiger partial charge in [-0.3, -0.25) is 4.98 Å². The van der Waals surface area contributed by atoms with Crippen molar-refractivity contribution >= 4 is 5.69 Å². The third-order valence-corrected chi connectivity index (χ3v) is 1.19. The fourth-order valence-electron chi connectivity index (χ4n) is 0.611. The highest BCUT2D eigenvalue weighted by atomic mass is 19.1. The lowest BCUT2D eigenvalue weighted by Crippen LogP contribution is -1.98. The summed E-state index contributed by atoms with van der Waals surface area (Å²) in [6, 6.07) is 0. The van der Waals surface area contributed by atoms with Gasteiger partial charge in [-0.1, -0.05) is 0 Å². The number of aliphatic hydroxyl groups excluding tert-OH is 1. The van der Waals surface area contributed by atoms with Crippen molar-refractivity contribution in [1.82, 2.24) is 4.98 Å². The molecule has 0 atom stereocenters. The second-order valence-electron chi connectivity index (χ2n) is 1.85. The number of nitrogens with zero attached hydrogens (tertiary/aromatic N) is 1. The van der Waals surface area contributed by atoms with Gasteiger partial charge in [0, 0.05) is 11.8 Å². The van der Waals surface area contributed by atoms with E-state index < -0.39 is 5.82 Å². The zero-order valence-corrected chi connectivity index (χ0v) is 5.21. The summed E-state index contributed by atoms with van der Waals surface area (Å²) in [5.41, 5.74) is 5.51. The van der Waals surface area contributed by atoms with Crippen molar-refractivity contribution < 1.29 is 9.50 Å². The molecule has 0 radical (unpaired) electrons. The number of aliphatic hydroxyl groups is 1. The Hall–Kier alpha value is -1.16. The zero-order chi connectivity index (χ0) is 7.56. The van der Waals surface area contributed by atoms with Crippen LogP contribution in [0.4, 0.5) is 10.1 Å². The second-order valence-corrected chi connectivity index (χ2v) is 1.85. The van der Waals surface area contributed by atoms with Gasteiger partial charge in [0.15, 0.2) is 5.82 Å². The molecule has 0 spiro atoms. The minimum absolute atomic E-state index is 0.0301. The van der Waals surface area contributed by atoms with E-state index in [4.69, 9.17) is 10.8 Å². The van der Waals surface area contributed by atoms with Crippen LogP contribution in [0.3, 0.4) is 0 Å². The molecule has 3 N–H and O–H groups in total. The number of aromatic nitrogens is 1. The van der Waals surface area contributed by atoms with Crippen LogP contribution in [0.2, 0.25) is 0 Å². The van der Waals surface area contributed by atoms with Crippen molar-refractivity contribution in [2.24, 2.45) is 0 Å². The summed E-state index contributed by atoms with van der Waals surface area (Å²) in [7, 11) is 0. The summed E-state index contributed by atoms with van der Waals surface area (Å²) >= 11 is 0. The minimum Gasteiger partial charge on any atom is -0.396 e. The van der Waals surface area contributed by atoms with Gasteiger partial charge in [-0.25, -0.2) is 4.39 Å². The third-order valence-electron chi connectivity index (χ3n) is 1.19. The average molecular weight is 142 g/mol. The largest absolute Gasteiger partial charge is 0.396 e. The monoisotopic (exact) mass is 142 g/mol. The van der Waals surface area contributed by atoms with Gasteiger partial charge >= 0.3 is 0 Å². The number of halogens is 1. The first-order chi connectivity index (χ1) is 4.75. The molecule has 0 unspecified atom stereocenters. The SMILES string of the molecule is Nc1c(F)cncc1CO. The van der Waals surface area contributed by atoms with Crippen molar-refractivity contribution in [3.63, 3.8) is 0 Å². The smallest absolute Gasteiger partial charge is 0.164 e. The van der Waals surface area contributed by atoms with E-state index in [1.54, 1.807) is 0 Å². The highest BCUT2D eigenvalue weighted by Crippen LogP contribution is 2.12. The molecule has 3 nitrogen and oxygen atoms in total. The fourth-order valence-corrected chi connectivity index (χ4v) is 0.611. The average Bonchev–Trinajstić information content (AvgIpc) is 1.95. The number of hydrogen-bond donors (Lipinski definition) is 2. The van der Waals surface area contributed by atoms with E-state index in [9.17, 15) is 4.39 Å². The van der Waals surface area contributed by atoms with E-state index in [1.807, 2.05) is 0 Å². The first-order valence-electron chi connectivity index (χ1n) is 2.74. The van der Waals surface area contributed by atoms with E-state index in [2.05, 4.69) is 4.98 Å². The molecule has 1 aromatic heterocycles. The van der Waals surface area contributed by atoms with Crippen LogP contribution in [0, 0.1) is 5.82 Å². The van der Waals surface area contributed by atoms with Crippen LogP contribution >= 0.6 is 0 Å². The van der Waals surface area contributed by atoms with Gasteiger partial charge in [-0.15, -0.1) is 0 Å². The van der Waals surface area contributed by atoms with Crippen molar-refractivity contribution in [2.45, 2.75) is 6.61 Å². The Labute approximate surface area is 57.3 Å². The van der Waals surface area contributed by atoms with Crippen molar-refractivity contribution in [3.8, 4) is 0 Å². The Bertz CT molecular complexity index is 239. The molecular formula is C6H7FN2O. The molecule has 0 fully saturated rings. The second kappa shape index (κ2) is 2.62. The topological polar surface area (TPSA) is 59.1 Å². The zero-order valence-electron chi connectivity index (χ0n) is 5.21. The van der Waals surface area contributed by atoms with Crippen molar-refractivity contribution in [3.05, 3.63) is 23.8 Å². The molecule has 10 heavy (non-hydrogen) atoms. The molecule has 0 aliphatic rings. The van der Waals surface area contributed by atoms with E-state index in [-0.39, 0.29) is 12.3 Å². The summed E-state index contributed by atoms with van der Waals surface area (Å²) in [6.07, 6.45) is 2.34. The van der Waals surface area contributed by atoms with Crippen LogP contribution in [0.5, 0.6) is 0 Å². The quantitative estimate of drug-likeness (QED) is 0.592. The molecule has 0 aliphatic heterocycles. The first-order valence-corrected chi connectivity index (χ1v) is 2.74.